The summed E-state index contributed by atoms with van der Waals surface area (Å²) >= 11 is 0. The Hall–Kier alpha value is -1.51. The van der Waals surface area contributed by atoms with Crippen molar-refractivity contribution in [1.29, 1.82) is 0 Å². The average molecular weight is 311 g/mol. The van der Waals surface area contributed by atoms with Crippen LogP contribution < -0.4 is 5.32 Å². The Morgan fingerprint density at radius 1 is 1.24 bits per heavy atom. The second-order valence-corrected chi connectivity index (χ2v) is 7.61. The van der Waals surface area contributed by atoms with E-state index in [0.717, 1.165) is 13.1 Å². The highest BCUT2D eigenvalue weighted by molar-refractivity contribution is 7.88. The number of benzene rings is 1. The maximum Gasteiger partial charge on any atom is 0.273 e. The van der Waals surface area contributed by atoms with Gasteiger partial charge in [0, 0.05) is 24.7 Å². The van der Waals surface area contributed by atoms with Gasteiger partial charge in [-0.15, -0.1) is 0 Å². The number of sulfonamides is 1. The summed E-state index contributed by atoms with van der Waals surface area (Å²) in [5, 5.41) is 14.2. The zero-order chi connectivity index (χ0) is 15.0. The molecule has 2 aliphatic heterocycles. The Balaban J connectivity index is 1.79. The van der Waals surface area contributed by atoms with Gasteiger partial charge in [-0.2, -0.15) is 0 Å². The summed E-state index contributed by atoms with van der Waals surface area (Å²) in [6.45, 7) is 2.73. The second kappa shape index (κ2) is 5.36. The van der Waals surface area contributed by atoms with E-state index >= 15 is 0 Å². The smallest absolute Gasteiger partial charge is 0.273 e. The molecule has 0 spiro atoms. The van der Waals surface area contributed by atoms with Crippen molar-refractivity contribution < 1.29 is 13.3 Å². The Bertz CT molecular complexity index is 649. The fourth-order valence-electron chi connectivity index (χ4n) is 3.14. The van der Waals surface area contributed by atoms with Crippen molar-refractivity contribution in [2.75, 3.05) is 26.2 Å². The number of hydrogen-bond acceptors (Lipinski definition) is 5. The van der Waals surface area contributed by atoms with Gasteiger partial charge in [0.05, 0.1) is 10.7 Å². The summed E-state index contributed by atoms with van der Waals surface area (Å²) in [6, 6.07) is 6.02. The third-order valence-electron chi connectivity index (χ3n) is 4.28. The van der Waals surface area contributed by atoms with E-state index in [2.05, 4.69) is 5.32 Å². The quantitative estimate of drug-likeness (QED) is 0.648. The molecule has 1 N–H and O–H groups in total. The molecule has 0 bridgehead atoms. The number of nitrogens with one attached hydrogen (secondary N) is 1. The number of nitrogens with zero attached hydrogens (tertiary/aromatic N) is 2. The van der Waals surface area contributed by atoms with Gasteiger partial charge < -0.3 is 5.32 Å². The highest BCUT2D eigenvalue weighted by Crippen LogP contribution is 2.30. The lowest BCUT2D eigenvalue weighted by atomic mass is 10.0. The van der Waals surface area contributed by atoms with Gasteiger partial charge in [-0.3, -0.25) is 10.1 Å². The van der Waals surface area contributed by atoms with Crippen molar-refractivity contribution in [2.45, 2.75) is 5.75 Å². The van der Waals surface area contributed by atoms with Crippen LogP contribution in [0.1, 0.15) is 5.56 Å². The lowest BCUT2D eigenvalue weighted by Gasteiger charge is -2.17. The van der Waals surface area contributed by atoms with Gasteiger partial charge in [-0.05, 0) is 24.9 Å². The van der Waals surface area contributed by atoms with Crippen LogP contribution in [0.3, 0.4) is 0 Å². The molecule has 2 atom stereocenters. The van der Waals surface area contributed by atoms with E-state index < -0.39 is 14.9 Å². The lowest BCUT2D eigenvalue weighted by Crippen LogP contribution is -2.33. The molecule has 0 saturated carbocycles. The van der Waals surface area contributed by atoms with Crippen LogP contribution in [0.15, 0.2) is 24.3 Å². The molecule has 0 amide bonds. The first-order valence-corrected chi connectivity index (χ1v) is 8.49. The molecule has 7 nitrogen and oxygen atoms in total. The van der Waals surface area contributed by atoms with Crippen LogP contribution in [0, 0.1) is 22.0 Å². The minimum Gasteiger partial charge on any atom is -0.316 e. The van der Waals surface area contributed by atoms with Gasteiger partial charge >= 0.3 is 0 Å². The molecule has 2 saturated heterocycles. The largest absolute Gasteiger partial charge is 0.316 e. The summed E-state index contributed by atoms with van der Waals surface area (Å²) in [5.74, 6) is 0.424. The van der Waals surface area contributed by atoms with Crippen molar-refractivity contribution in [3.05, 3.63) is 39.9 Å². The topological polar surface area (TPSA) is 92.5 Å². The molecular weight excluding hydrogens is 294 g/mol. The van der Waals surface area contributed by atoms with E-state index in [-0.39, 0.29) is 17.0 Å². The van der Waals surface area contributed by atoms with Gasteiger partial charge in [0.25, 0.3) is 5.69 Å². The first-order valence-electron chi connectivity index (χ1n) is 6.88. The minimum absolute atomic E-state index is 0.137. The number of fused-ring (bicyclic) bond motifs is 1. The predicted octanol–water partition coefficient (Wildman–Crippen LogP) is 0.576. The number of nitro groups is 1. The highest BCUT2D eigenvalue weighted by atomic mass is 32.2. The minimum atomic E-state index is -3.51. The molecule has 2 fully saturated rings. The molecule has 8 heteroatoms. The first-order chi connectivity index (χ1) is 9.97. The number of rotatable bonds is 4. The number of hydrogen-bond donors (Lipinski definition) is 1. The van der Waals surface area contributed by atoms with E-state index in [1.165, 1.54) is 16.4 Å². The summed E-state index contributed by atoms with van der Waals surface area (Å²) in [5.41, 5.74) is 0.111. The first kappa shape index (κ1) is 14.4. The van der Waals surface area contributed by atoms with Crippen LogP contribution in [0.25, 0.3) is 0 Å². The zero-order valence-electron chi connectivity index (χ0n) is 11.4. The van der Waals surface area contributed by atoms with Crippen molar-refractivity contribution in [2.24, 2.45) is 11.8 Å². The molecule has 1 aromatic carbocycles. The molecule has 114 valence electrons. The normalized spacial score (nSPS) is 25.9. The van der Waals surface area contributed by atoms with E-state index in [4.69, 9.17) is 0 Å². The van der Waals surface area contributed by atoms with Gasteiger partial charge in [-0.25, -0.2) is 12.7 Å². The van der Waals surface area contributed by atoms with Crippen molar-refractivity contribution in [1.82, 2.24) is 9.62 Å². The summed E-state index contributed by atoms with van der Waals surface area (Å²) in [4.78, 5) is 10.4. The summed E-state index contributed by atoms with van der Waals surface area (Å²) in [7, 11) is -3.51. The Kier molecular flexibility index (Phi) is 3.68. The highest BCUT2D eigenvalue weighted by Gasteiger charge is 2.41. The van der Waals surface area contributed by atoms with E-state index in [1.54, 1.807) is 12.1 Å². The Morgan fingerprint density at radius 3 is 2.48 bits per heavy atom. The Labute approximate surface area is 123 Å². The van der Waals surface area contributed by atoms with Gasteiger partial charge in [0.15, 0.2) is 0 Å². The molecule has 0 aliphatic carbocycles. The maximum absolute atomic E-state index is 12.5. The molecule has 3 rings (SSSR count). The van der Waals surface area contributed by atoms with E-state index in [0.29, 0.717) is 24.9 Å². The molecule has 21 heavy (non-hydrogen) atoms. The second-order valence-electron chi connectivity index (χ2n) is 5.64. The van der Waals surface area contributed by atoms with Crippen molar-refractivity contribution in [3.8, 4) is 0 Å². The predicted molar refractivity (Wildman–Crippen MR) is 77.1 cm³/mol. The molecule has 0 radical (unpaired) electrons. The van der Waals surface area contributed by atoms with Gasteiger partial charge in [0.2, 0.25) is 10.0 Å². The van der Waals surface area contributed by atoms with Crippen LogP contribution in [-0.4, -0.2) is 43.8 Å². The van der Waals surface area contributed by atoms with Crippen LogP contribution >= 0.6 is 0 Å². The SMILES string of the molecule is O=[N+]([O-])c1ccccc1CS(=O)(=O)N1CC2CNCC2C1. The van der Waals surface area contributed by atoms with Crippen LogP contribution in [-0.2, 0) is 15.8 Å². The van der Waals surface area contributed by atoms with Crippen LogP contribution in [0.5, 0.6) is 0 Å². The van der Waals surface area contributed by atoms with Crippen LogP contribution in [0.2, 0.25) is 0 Å². The number of para-hydroxylation sites is 1. The summed E-state index contributed by atoms with van der Waals surface area (Å²) < 4.78 is 26.5. The monoisotopic (exact) mass is 311 g/mol. The van der Waals surface area contributed by atoms with Gasteiger partial charge in [-0.1, -0.05) is 18.2 Å². The molecule has 2 unspecified atom stereocenters. The van der Waals surface area contributed by atoms with Crippen LogP contribution in [0.4, 0.5) is 5.69 Å². The Morgan fingerprint density at radius 2 is 1.86 bits per heavy atom. The molecule has 2 heterocycles. The zero-order valence-corrected chi connectivity index (χ0v) is 12.3. The fraction of sp³-hybridized carbons (Fsp3) is 0.538. The molecule has 0 aromatic heterocycles. The standard InChI is InChI=1S/C13H17N3O4S/c17-16(18)13-4-2-1-3-10(13)9-21(19,20)15-7-11-5-14-6-12(11)8-15/h1-4,11-12,14H,5-9H2. The third kappa shape index (κ3) is 2.78. The van der Waals surface area contributed by atoms with E-state index in [1.807, 2.05) is 0 Å². The average Bonchev–Trinajstić information content (AvgIpc) is 2.99. The molecular formula is C13H17N3O4S. The van der Waals surface area contributed by atoms with Crippen molar-refractivity contribution >= 4 is 15.7 Å². The van der Waals surface area contributed by atoms with E-state index in [9.17, 15) is 18.5 Å². The third-order valence-corrected chi connectivity index (χ3v) is 6.04. The molecule has 2 aliphatic rings. The summed E-state index contributed by atoms with van der Waals surface area (Å²) in [6.07, 6.45) is 0. The lowest BCUT2D eigenvalue weighted by molar-refractivity contribution is -0.385. The van der Waals surface area contributed by atoms with Gasteiger partial charge in [0.1, 0.15) is 0 Å². The molecule has 1 aromatic rings. The van der Waals surface area contributed by atoms with Crippen molar-refractivity contribution in [3.63, 3.8) is 0 Å². The fourth-order valence-corrected chi connectivity index (χ4v) is 4.80. The maximum atomic E-state index is 12.5. The number of nitro benzene ring substituents is 1.